The van der Waals surface area contributed by atoms with Gasteiger partial charge in [0, 0.05) is 24.0 Å². The highest BCUT2D eigenvalue weighted by atomic mass is 35.5. The molecule has 10 heteroatoms. The summed E-state index contributed by atoms with van der Waals surface area (Å²) in [5.74, 6) is 0. The summed E-state index contributed by atoms with van der Waals surface area (Å²) in [5.41, 5.74) is 5.43. The van der Waals surface area contributed by atoms with E-state index in [1.54, 1.807) is 35.6 Å². The van der Waals surface area contributed by atoms with Gasteiger partial charge in [-0.2, -0.15) is 13.2 Å². The van der Waals surface area contributed by atoms with Crippen molar-refractivity contribution in [3.8, 4) is 11.3 Å². The van der Waals surface area contributed by atoms with Gasteiger partial charge in [0.2, 0.25) is 0 Å². The molecule has 0 atom stereocenters. The molecular formula is C18H11ClF3N5O. The Balaban J connectivity index is 1.88. The molecule has 2 heterocycles. The van der Waals surface area contributed by atoms with Gasteiger partial charge in [0.1, 0.15) is 0 Å². The number of nitrogens with one attached hydrogen (secondary N) is 2. The largest absolute Gasteiger partial charge is 0.417 e. The van der Waals surface area contributed by atoms with Crippen molar-refractivity contribution in [1.82, 2.24) is 20.9 Å². The van der Waals surface area contributed by atoms with Gasteiger partial charge in [-0.1, -0.05) is 23.7 Å². The molecular weight excluding hydrogens is 395 g/mol. The minimum atomic E-state index is -4.66. The lowest BCUT2D eigenvalue weighted by atomic mass is 10.1. The molecule has 0 saturated heterocycles. The lowest BCUT2D eigenvalue weighted by molar-refractivity contribution is -0.137. The Labute approximate surface area is 161 Å². The summed E-state index contributed by atoms with van der Waals surface area (Å²) in [6.07, 6.45) is -1.21. The molecule has 4 rings (SSSR count). The van der Waals surface area contributed by atoms with E-state index in [9.17, 15) is 18.0 Å². The minimum absolute atomic E-state index is 0.0846. The molecule has 0 aliphatic carbocycles. The average molecular weight is 406 g/mol. The molecule has 2 aromatic carbocycles. The Morgan fingerprint density at radius 2 is 1.82 bits per heavy atom. The van der Waals surface area contributed by atoms with Crippen LogP contribution in [0.25, 0.3) is 22.3 Å². The van der Waals surface area contributed by atoms with E-state index in [1.807, 2.05) is 6.07 Å². The third-order valence-electron chi connectivity index (χ3n) is 4.01. The van der Waals surface area contributed by atoms with Gasteiger partial charge in [0.25, 0.3) is 5.56 Å². The second kappa shape index (κ2) is 6.77. The molecule has 142 valence electrons. The molecule has 0 saturated carbocycles. The Hall–Kier alpha value is -3.17. The number of hydrazine groups is 2. The van der Waals surface area contributed by atoms with E-state index >= 15 is 0 Å². The maximum Gasteiger partial charge on any atom is 0.417 e. The monoisotopic (exact) mass is 405 g/mol. The van der Waals surface area contributed by atoms with Crippen molar-refractivity contribution < 1.29 is 13.2 Å². The van der Waals surface area contributed by atoms with Crippen molar-refractivity contribution in [3.05, 3.63) is 75.8 Å². The number of alkyl halides is 3. The summed E-state index contributed by atoms with van der Waals surface area (Å²) < 4.78 is 39.2. The number of halogens is 4. The third kappa shape index (κ3) is 3.49. The molecule has 0 amide bonds. The number of anilines is 1. The predicted molar refractivity (Wildman–Crippen MR) is 99.1 cm³/mol. The van der Waals surface area contributed by atoms with E-state index in [2.05, 4.69) is 20.9 Å². The van der Waals surface area contributed by atoms with Crippen LogP contribution in [0.3, 0.4) is 0 Å². The summed E-state index contributed by atoms with van der Waals surface area (Å²) in [6.45, 7) is 0. The summed E-state index contributed by atoms with van der Waals surface area (Å²) >= 11 is 5.79. The van der Waals surface area contributed by atoms with Gasteiger partial charge < -0.3 is 5.43 Å². The maximum atomic E-state index is 13.1. The molecule has 6 nitrogen and oxygen atoms in total. The van der Waals surface area contributed by atoms with Gasteiger partial charge in [0.15, 0.2) is 0 Å². The van der Waals surface area contributed by atoms with Crippen molar-refractivity contribution in [2.45, 2.75) is 6.18 Å². The zero-order valence-electron chi connectivity index (χ0n) is 14.0. The topological polar surface area (TPSA) is 70.2 Å². The highest BCUT2D eigenvalue weighted by Crippen LogP contribution is 2.36. The van der Waals surface area contributed by atoms with Crippen molar-refractivity contribution in [1.29, 1.82) is 0 Å². The minimum Gasteiger partial charge on any atom is -0.309 e. The van der Waals surface area contributed by atoms with Crippen LogP contribution in [0, 0.1) is 0 Å². The molecule has 1 aliphatic rings. The summed E-state index contributed by atoms with van der Waals surface area (Å²) in [4.78, 5) is 20.2. The predicted octanol–water partition coefficient (Wildman–Crippen LogP) is 3.63. The molecule has 0 bridgehead atoms. The zero-order valence-corrected chi connectivity index (χ0v) is 14.7. The molecule has 0 fully saturated rings. The van der Waals surface area contributed by atoms with Crippen LogP contribution in [-0.4, -0.2) is 9.97 Å². The Kier molecular flexibility index (Phi) is 4.40. The first-order chi connectivity index (χ1) is 13.3. The normalized spacial score (nSPS) is 13.8. The van der Waals surface area contributed by atoms with Crippen LogP contribution in [0.1, 0.15) is 5.56 Å². The van der Waals surface area contributed by atoms with Gasteiger partial charge in [-0.3, -0.25) is 9.80 Å². The lowest BCUT2D eigenvalue weighted by Crippen LogP contribution is -2.35. The summed E-state index contributed by atoms with van der Waals surface area (Å²) in [7, 11) is 0. The number of benzene rings is 2. The second-order valence-electron chi connectivity index (χ2n) is 5.90. The van der Waals surface area contributed by atoms with Crippen LogP contribution in [-0.2, 0) is 6.18 Å². The van der Waals surface area contributed by atoms with Crippen molar-refractivity contribution >= 4 is 28.3 Å². The zero-order chi connectivity index (χ0) is 19.9. The lowest BCUT2D eigenvalue weighted by Gasteiger charge is -2.15. The number of fused-ring (bicyclic) bond motifs is 1. The first-order valence-corrected chi connectivity index (χ1v) is 8.36. The van der Waals surface area contributed by atoms with Gasteiger partial charge >= 0.3 is 6.18 Å². The molecule has 3 aromatic rings. The highest BCUT2D eigenvalue weighted by molar-refractivity contribution is 6.32. The SMILES string of the molecule is O=c1cc(-c2cccc(N3C=CNN3)c2)nc2cc(Cl)c(C(F)(F)F)cc2n1. The molecule has 0 spiro atoms. The Bertz CT molecular complexity index is 1170. The first kappa shape index (κ1) is 18.2. The summed E-state index contributed by atoms with van der Waals surface area (Å²) in [5, 5.41) is 1.19. The van der Waals surface area contributed by atoms with Crippen LogP contribution < -0.4 is 21.5 Å². The van der Waals surface area contributed by atoms with Crippen LogP contribution in [0.15, 0.2) is 59.7 Å². The van der Waals surface area contributed by atoms with Crippen molar-refractivity contribution in [2.24, 2.45) is 0 Å². The van der Waals surface area contributed by atoms with E-state index in [4.69, 9.17) is 11.6 Å². The quantitative estimate of drug-likeness (QED) is 0.678. The molecule has 1 aliphatic heterocycles. The molecule has 28 heavy (non-hydrogen) atoms. The van der Waals surface area contributed by atoms with Crippen LogP contribution in [0.2, 0.25) is 5.02 Å². The fourth-order valence-corrected chi connectivity index (χ4v) is 3.01. The van der Waals surface area contributed by atoms with Gasteiger partial charge in [-0.25, -0.2) is 9.97 Å². The number of rotatable bonds is 2. The molecule has 2 N–H and O–H groups in total. The maximum absolute atomic E-state index is 13.1. The molecule has 0 unspecified atom stereocenters. The smallest absolute Gasteiger partial charge is 0.309 e. The second-order valence-corrected chi connectivity index (χ2v) is 6.31. The standard InChI is InChI=1S/C18H11ClF3N5O/c19-13-8-16-15(7-12(13)18(20,21)22)25-17(28)9-14(24-16)10-2-1-3-11(6-10)27-5-4-23-26-27/h1-9,23,26H. The average Bonchev–Trinajstić information content (AvgIpc) is 3.11. The first-order valence-electron chi connectivity index (χ1n) is 7.99. The number of nitrogens with zero attached hydrogens (tertiary/aromatic N) is 3. The molecule has 0 radical (unpaired) electrons. The van der Waals surface area contributed by atoms with Gasteiger partial charge in [0.05, 0.1) is 33.0 Å². The number of hydrogen-bond acceptors (Lipinski definition) is 6. The number of aromatic nitrogens is 2. The van der Waals surface area contributed by atoms with E-state index in [1.165, 1.54) is 6.07 Å². The fraction of sp³-hybridized carbons (Fsp3) is 0.0556. The Morgan fingerprint density at radius 1 is 1.04 bits per heavy atom. The third-order valence-corrected chi connectivity index (χ3v) is 4.33. The Morgan fingerprint density at radius 3 is 2.54 bits per heavy atom. The summed E-state index contributed by atoms with van der Waals surface area (Å²) in [6, 6.07) is 10.1. The van der Waals surface area contributed by atoms with E-state index in [0.29, 0.717) is 5.56 Å². The fourth-order valence-electron chi connectivity index (χ4n) is 2.75. The number of hydrogen-bond donors (Lipinski definition) is 2. The van der Waals surface area contributed by atoms with Gasteiger partial charge in [-0.05, 0) is 24.3 Å². The van der Waals surface area contributed by atoms with Crippen LogP contribution in [0.5, 0.6) is 0 Å². The van der Waals surface area contributed by atoms with E-state index in [-0.39, 0.29) is 16.7 Å². The van der Waals surface area contributed by atoms with Gasteiger partial charge in [-0.15, -0.1) is 5.53 Å². The van der Waals surface area contributed by atoms with Crippen molar-refractivity contribution in [3.63, 3.8) is 0 Å². The van der Waals surface area contributed by atoms with Crippen LogP contribution >= 0.6 is 11.6 Å². The molecule has 1 aromatic heterocycles. The van der Waals surface area contributed by atoms with E-state index in [0.717, 1.165) is 17.8 Å². The van der Waals surface area contributed by atoms with Crippen LogP contribution in [0.4, 0.5) is 18.9 Å². The van der Waals surface area contributed by atoms with E-state index < -0.39 is 22.3 Å². The highest BCUT2D eigenvalue weighted by Gasteiger charge is 2.33. The van der Waals surface area contributed by atoms with Crippen molar-refractivity contribution in [2.75, 3.05) is 5.01 Å².